The average Bonchev–Trinajstić information content (AvgIpc) is 2.50. The van der Waals surface area contributed by atoms with E-state index < -0.39 is 6.10 Å². The Labute approximate surface area is 149 Å². The summed E-state index contributed by atoms with van der Waals surface area (Å²) in [5.41, 5.74) is 6.78. The Kier molecular flexibility index (Phi) is 10.9. The molecule has 8 heteroatoms. The van der Waals surface area contributed by atoms with Gasteiger partial charge in [-0.25, -0.2) is 0 Å². The highest BCUT2D eigenvalue weighted by atomic mass is 35.5. The monoisotopic (exact) mass is 364 g/mol. The highest BCUT2D eigenvalue weighted by Gasteiger charge is 2.30. The SMILES string of the molecule is Cl.Cl.N[C@@H]1C[C@@H](C(=O)NCCCNc2cccnc2)CC[C@H]1O. The Morgan fingerprint density at radius 3 is 2.78 bits per heavy atom. The summed E-state index contributed by atoms with van der Waals surface area (Å²) in [6.07, 6.45) is 5.79. The molecule has 3 atom stereocenters. The van der Waals surface area contributed by atoms with Crippen molar-refractivity contribution in [1.82, 2.24) is 10.3 Å². The minimum Gasteiger partial charge on any atom is -0.392 e. The summed E-state index contributed by atoms with van der Waals surface area (Å²) >= 11 is 0. The molecule has 6 nitrogen and oxygen atoms in total. The molecule has 5 N–H and O–H groups in total. The maximum Gasteiger partial charge on any atom is 0.223 e. The number of anilines is 1. The maximum atomic E-state index is 12.0. The second kappa shape index (κ2) is 11.5. The van der Waals surface area contributed by atoms with E-state index in [1.54, 1.807) is 12.4 Å². The molecule has 0 bridgehead atoms. The number of aliphatic hydroxyl groups excluding tert-OH is 1. The van der Waals surface area contributed by atoms with Gasteiger partial charge < -0.3 is 21.5 Å². The standard InChI is InChI=1S/C15H24N4O2.2ClH/c16-13-9-11(4-5-14(13)20)15(21)19-8-2-7-18-12-3-1-6-17-10-12;;/h1,3,6,10-11,13-14,18,20H,2,4-5,7-9,16H2,(H,19,21);2*1H/t11-,13+,14+;;/m0../s1. The average molecular weight is 365 g/mol. The molecule has 1 aromatic rings. The van der Waals surface area contributed by atoms with Gasteiger partial charge in [-0.3, -0.25) is 9.78 Å². The fraction of sp³-hybridized carbons (Fsp3) is 0.600. The van der Waals surface area contributed by atoms with Crippen molar-refractivity contribution in [3.63, 3.8) is 0 Å². The van der Waals surface area contributed by atoms with Crippen molar-refractivity contribution in [2.24, 2.45) is 11.7 Å². The number of hydrogen-bond acceptors (Lipinski definition) is 5. The number of carbonyl (C=O) groups is 1. The number of amides is 1. The third-order valence-electron chi connectivity index (χ3n) is 3.88. The number of hydrogen-bond donors (Lipinski definition) is 4. The molecule has 0 saturated heterocycles. The van der Waals surface area contributed by atoms with Crippen LogP contribution >= 0.6 is 24.8 Å². The van der Waals surface area contributed by atoms with Crippen molar-refractivity contribution in [3.8, 4) is 0 Å². The molecule has 0 unspecified atom stereocenters. The van der Waals surface area contributed by atoms with Gasteiger partial charge in [0.2, 0.25) is 5.91 Å². The molecule has 1 fully saturated rings. The molecule has 2 rings (SSSR count). The molecule has 0 aromatic carbocycles. The minimum absolute atomic E-state index is 0. The molecule has 0 radical (unpaired) electrons. The van der Waals surface area contributed by atoms with Crippen LogP contribution < -0.4 is 16.4 Å². The molecule has 1 aliphatic carbocycles. The van der Waals surface area contributed by atoms with Crippen LogP contribution in [0.2, 0.25) is 0 Å². The molecule has 132 valence electrons. The predicted octanol–water partition coefficient (Wildman–Crippen LogP) is 1.33. The van der Waals surface area contributed by atoms with E-state index in [0.717, 1.165) is 18.7 Å². The Morgan fingerprint density at radius 1 is 1.35 bits per heavy atom. The summed E-state index contributed by atoms with van der Waals surface area (Å²) in [6.45, 7) is 1.43. The number of aromatic nitrogens is 1. The van der Waals surface area contributed by atoms with Gasteiger partial charge in [0.1, 0.15) is 0 Å². The van der Waals surface area contributed by atoms with Crippen molar-refractivity contribution in [3.05, 3.63) is 24.5 Å². The third-order valence-corrected chi connectivity index (χ3v) is 3.88. The van der Waals surface area contributed by atoms with Crippen LogP contribution in [0.3, 0.4) is 0 Å². The van der Waals surface area contributed by atoms with Gasteiger partial charge in [-0.2, -0.15) is 0 Å². The van der Waals surface area contributed by atoms with E-state index in [-0.39, 0.29) is 42.7 Å². The van der Waals surface area contributed by atoms with Gasteiger partial charge in [0.05, 0.1) is 11.8 Å². The Morgan fingerprint density at radius 2 is 2.13 bits per heavy atom. The van der Waals surface area contributed by atoms with Crippen molar-refractivity contribution < 1.29 is 9.90 Å². The zero-order chi connectivity index (χ0) is 15.1. The fourth-order valence-electron chi connectivity index (χ4n) is 2.57. The highest BCUT2D eigenvalue weighted by Crippen LogP contribution is 2.23. The number of carbonyl (C=O) groups excluding carboxylic acids is 1. The largest absolute Gasteiger partial charge is 0.392 e. The molecular formula is C15H26Cl2N4O2. The molecule has 1 heterocycles. The van der Waals surface area contributed by atoms with E-state index in [4.69, 9.17) is 5.73 Å². The molecule has 0 spiro atoms. The topological polar surface area (TPSA) is 100 Å². The number of nitrogens with zero attached hydrogens (tertiary/aromatic N) is 1. The van der Waals surface area contributed by atoms with E-state index in [1.807, 2.05) is 12.1 Å². The van der Waals surface area contributed by atoms with Crippen molar-refractivity contribution in [2.45, 2.75) is 37.8 Å². The lowest BCUT2D eigenvalue weighted by Crippen LogP contribution is -2.45. The molecule has 1 aromatic heterocycles. The maximum absolute atomic E-state index is 12.0. The fourth-order valence-corrected chi connectivity index (χ4v) is 2.57. The predicted molar refractivity (Wildman–Crippen MR) is 96.2 cm³/mol. The smallest absolute Gasteiger partial charge is 0.223 e. The quantitative estimate of drug-likeness (QED) is 0.570. The van der Waals surface area contributed by atoms with Gasteiger partial charge in [-0.15, -0.1) is 24.8 Å². The van der Waals surface area contributed by atoms with Crippen LogP contribution in [0.1, 0.15) is 25.7 Å². The van der Waals surface area contributed by atoms with Crippen LogP contribution in [-0.4, -0.2) is 41.2 Å². The lowest BCUT2D eigenvalue weighted by molar-refractivity contribution is -0.126. The zero-order valence-electron chi connectivity index (χ0n) is 13.0. The second-order valence-corrected chi connectivity index (χ2v) is 5.55. The molecule has 1 amide bonds. The third kappa shape index (κ3) is 7.35. The first-order valence-corrected chi connectivity index (χ1v) is 7.52. The first kappa shape index (κ1) is 21.9. The molecule has 1 saturated carbocycles. The lowest BCUT2D eigenvalue weighted by Gasteiger charge is -2.30. The van der Waals surface area contributed by atoms with Crippen LogP contribution in [-0.2, 0) is 4.79 Å². The number of nitrogens with one attached hydrogen (secondary N) is 2. The van der Waals surface area contributed by atoms with E-state index in [1.165, 1.54) is 0 Å². The van der Waals surface area contributed by atoms with E-state index >= 15 is 0 Å². The summed E-state index contributed by atoms with van der Waals surface area (Å²) in [5.74, 6) is -0.00610. The Bertz CT molecular complexity index is 450. The van der Waals surface area contributed by atoms with Crippen LogP contribution in [0, 0.1) is 5.92 Å². The van der Waals surface area contributed by atoms with Crippen molar-refractivity contribution in [1.29, 1.82) is 0 Å². The lowest BCUT2D eigenvalue weighted by atomic mass is 9.84. The number of aliphatic hydroxyl groups is 1. The van der Waals surface area contributed by atoms with Gasteiger partial charge in [-0.1, -0.05) is 0 Å². The van der Waals surface area contributed by atoms with Gasteiger partial charge in [0, 0.05) is 37.4 Å². The number of halogens is 2. The van der Waals surface area contributed by atoms with E-state index in [2.05, 4.69) is 15.6 Å². The summed E-state index contributed by atoms with van der Waals surface area (Å²) < 4.78 is 0. The summed E-state index contributed by atoms with van der Waals surface area (Å²) in [5, 5.41) is 15.7. The Hall–Kier alpha value is -1.08. The summed E-state index contributed by atoms with van der Waals surface area (Å²) in [7, 11) is 0. The van der Waals surface area contributed by atoms with Crippen LogP contribution in [0.15, 0.2) is 24.5 Å². The number of rotatable bonds is 6. The first-order chi connectivity index (χ1) is 10.2. The van der Waals surface area contributed by atoms with Crippen molar-refractivity contribution in [2.75, 3.05) is 18.4 Å². The first-order valence-electron chi connectivity index (χ1n) is 7.52. The summed E-state index contributed by atoms with van der Waals surface area (Å²) in [6, 6.07) is 3.56. The van der Waals surface area contributed by atoms with Crippen LogP contribution in [0.4, 0.5) is 5.69 Å². The minimum atomic E-state index is -0.460. The van der Waals surface area contributed by atoms with Crippen LogP contribution in [0.5, 0.6) is 0 Å². The van der Waals surface area contributed by atoms with Gasteiger partial charge in [0.15, 0.2) is 0 Å². The van der Waals surface area contributed by atoms with E-state index in [9.17, 15) is 9.90 Å². The second-order valence-electron chi connectivity index (χ2n) is 5.55. The van der Waals surface area contributed by atoms with Crippen LogP contribution in [0.25, 0.3) is 0 Å². The zero-order valence-corrected chi connectivity index (χ0v) is 14.6. The molecular weight excluding hydrogens is 339 g/mol. The molecule has 23 heavy (non-hydrogen) atoms. The normalized spacial score (nSPS) is 23.1. The van der Waals surface area contributed by atoms with Gasteiger partial charge >= 0.3 is 0 Å². The van der Waals surface area contributed by atoms with Gasteiger partial charge in [-0.05, 0) is 37.8 Å². The molecule has 0 aliphatic heterocycles. The number of nitrogens with two attached hydrogens (primary N) is 1. The highest BCUT2D eigenvalue weighted by molar-refractivity contribution is 5.85. The van der Waals surface area contributed by atoms with Gasteiger partial charge in [0.25, 0.3) is 0 Å². The molecule has 1 aliphatic rings. The Balaban J connectivity index is 0.00000242. The van der Waals surface area contributed by atoms with E-state index in [0.29, 0.717) is 25.8 Å². The van der Waals surface area contributed by atoms with Crippen molar-refractivity contribution >= 4 is 36.4 Å². The summed E-state index contributed by atoms with van der Waals surface area (Å²) in [4.78, 5) is 16.0. The number of pyridine rings is 1.